The van der Waals surface area contributed by atoms with Crippen LogP contribution in [0.25, 0.3) is 0 Å². The van der Waals surface area contributed by atoms with Crippen molar-refractivity contribution in [2.24, 2.45) is 0 Å². The first-order valence-corrected chi connectivity index (χ1v) is 8.99. The maximum atomic E-state index is 12.5. The van der Waals surface area contributed by atoms with Crippen LogP contribution in [-0.2, 0) is 0 Å². The number of fused-ring (bicyclic) bond motifs is 1. The number of hydrogen-bond donors (Lipinski definition) is 1. The number of nitrogens with zero attached hydrogens (tertiary/aromatic N) is 1. The first-order valence-electron chi connectivity index (χ1n) is 8.61. The van der Waals surface area contributed by atoms with E-state index in [0.29, 0.717) is 33.1 Å². The Hall–Kier alpha value is -3.44. The van der Waals surface area contributed by atoms with E-state index >= 15 is 0 Å². The van der Waals surface area contributed by atoms with Gasteiger partial charge in [-0.2, -0.15) is 0 Å². The number of carbonyl (C=O) groups excluding carboxylic acids is 3. The number of benzene rings is 3. The van der Waals surface area contributed by atoms with Crippen molar-refractivity contribution in [3.05, 3.63) is 94.0 Å². The summed E-state index contributed by atoms with van der Waals surface area (Å²) in [5.41, 5.74) is 3.06. The fourth-order valence-electron chi connectivity index (χ4n) is 3.10. The third-order valence-electron chi connectivity index (χ3n) is 4.55. The Balaban J connectivity index is 1.55. The van der Waals surface area contributed by atoms with E-state index in [-0.39, 0.29) is 17.7 Å². The number of nitrogens with one attached hydrogen (secondary N) is 1. The molecular weight excluding hydrogens is 376 g/mol. The van der Waals surface area contributed by atoms with Crippen LogP contribution in [0.1, 0.15) is 36.6 Å². The number of aryl methyl sites for hydroxylation is 1. The predicted molar refractivity (Wildman–Crippen MR) is 108 cm³/mol. The predicted octanol–water partition coefficient (Wildman–Crippen LogP) is 4.70. The van der Waals surface area contributed by atoms with Crippen LogP contribution >= 0.6 is 11.6 Å². The van der Waals surface area contributed by atoms with Crippen molar-refractivity contribution in [3.63, 3.8) is 0 Å². The van der Waals surface area contributed by atoms with Gasteiger partial charge in [0.25, 0.3) is 17.7 Å². The smallest absolute Gasteiger partial charge is 0.266 e. The SMILES string of the molecule is Cc1ccc(NC(=O)c2ccc(N3C(=O)c4ccccc4C3=O)cc2)c(Cl)c1. The summed E-state index contributed by atoms with van der Waals surface area (Å²) in [6, 6.07) is 18.3. The zero-order valence-corrected chi connectivity index (χ0v) is 15.7. The minimum Gasteiger partial charge on any atom is -0.321 e. The van der Waals surface area contributed by atoms with Gasteiger partial charge in [0, 0.05) is 5.56 Å². The van der Waals surface area contributed by atoms with Gasteiger partial charge in [0.15, 0.2) is 0 Å². The molecule has 0 spiro atoms. The highest BCUT2D eigenvalue weighted by atomic mass is 35.5. The van der Waals surface area contributed by atoms with Crippen molar-refractivity contribution in [2.45, 2.75) is 6.92 Å². The molecule has 0 atom stereocenters. The molecule has 1 heterocycles. The Morgan fingerprint density at radius 3 is 2.07 bits per heavy atom. The molecule has 3 amide bonds. The molecule has 0 fully saturated rings. The lowest BCUT2D eigenvalue weighted by Crippen LogP contribution is -2.29. The maximum absolute atomic E-state index is 12.5. The summed E-state index contributed by atoms with van der Waals surface area (Å²) in [5.74, 6) is -1.08. The highest BCUT2D eigenvalue weighted by Gasteiger charge is 2.36. The van der Waals surface area contributed by atoms with Crippen LogP contribution in [0.4, 0.5) is 11.4 Å². The lowest BCUT2D eigenvalue weighted by atomic mass is 10.1. The second-order valence-electron chi connectivity index (χ2n) is 6.48. The summed E-state index contributed by atoms with van der Waals surface area (Å²) in [6.45, 7) is 1.91. The number of amides is 3. The molecule has 0 unspecified atom stereocenters. The fourth-order valence-corrected chi connectivity index (χ4v) is 3.38. The minimum atomic E-state index is -0.371. The molecule has 0 aliphatic carbocycles. The molecule has 0 radical (unpaired) electrons. The van der Waals surface area contributed by atoms with Crippen molar-refractivity contribution >= 4 is 40.7 Å². The highest BCUT2D eigenvalue weighted by molar-refractivity contribution is 6.35. The molecule has 3 aromatic carbocycles. The molecule has 0 saturated heterocycles. The van der Waals surface area contributed by atoms with Gasteiger partial charge in [0.05, 0.1) is 27.5 Å². The van der Waals surface area contributed by atoms with Gasteiger partial charge in [0.2, 0.25) is 0 Å². The second kappa shape index (κ2) is 6.94. The number of carbonyl (C=O) groups is 3. The van der Waals surface area contributed by atoms with Crippen molar-refractivity contribution in [2.75, 3.05) is 10.2 Å². The van der Waals surface area contributed by atoms with Gasteiger partial charge in [-0.05, 0) is 61.0 Å². The fraction of sp³-hybridized carbons (Fsp3) is 0.0455. The molecule has 3 aromatic rings. The molecule has 6 heteroatoms. The summed E-state index contributed by atoms with van der Waals surface area (Å²) < 4.78 is 0. The number of anilines is 2. The van der Waals surface area contributed by atoms with Crippen molar-refractivity contribution < 1.29 is 14.4 Å². The quantitative estimate of drug-likeness (QED) is 0.659. The Labute approximate surface area is 166 Å². The molecule has 1 N–H and O–H groups in total. The number of halogens is 1. The molecule has 28 heavy (non-hydrogen) atoms. The zero-order chi connectivity index (χ0) is 19.8. The number of imide groups is 1. The van der Waals surface area contributed by atoms with E-state index in [1.165, 1.54) is 0 Å². The Bertz CT molecular complexity index is 1090. The molecular formula is C22H15ClN2O3. The van der Waals surface area contributed by atoms with Crippen LogP contribution < -0.4 is 10.2 Å². The lowest BCUT2D eigenvalue weighted by molar-refractivity contribution is 0.0925. The largest absolute Gasteiger partial charge is 0.321 e. The molecule has 5 nitrogen and oxygen atoms in total. The molecule has 0 aromatic heterocycles. The molecule has 4 rings (SSSR count). The molecule has 0 saturated carbocycles. The first kappa shape index (κ1) is 17.9. The van der Waals surface area contributed by atoms with Gasteiger partial charge in [-0.3, -0.25) is 14.4 Å². The van der Waals surface area contributed by atoms with Crippen LogP contribution in [-0.4, -0.2) is 17.7 Å². The molecule has 1 aliphatic rings. The average molecular weight is 391 g/mol. The summed E-state index contributed by atoms with van der Waals surface area (Å²) in [4.78, 5) is 38.7. The standard InChI is InChI=1S/C22H15ClN2O3/c1-13-6-11-19(18(23)12-13)24-20(26)14-7-9-15(10-8-14)25-21(27)16-4-2-3-5-17(16)22(25)28/h2-12H,1H3,(H,24,26). The number of rotatable bonds is 3. The molecule has 1 aliphatic heterocycles. The van der Waals surface area contributed by atoms with Crippen LogP contribution in [0.15, 0.2) is 66.7 Å². The van der Waals surface area contributed by atoms with E-state index in [1.54, 1.807) is 60.7 Å². The van der Waals surface area contributed by atoms with Gasteiger partial charge in [-0.25, -0.2) is 4.90 Å². The van der Waals surface area contributed by atoms with Crippen LogP contribution in [0.5, 0.6) is 0 Å². The second-order valence-corrected chi connectivity index (χ2v) is 6.88. The van der Waals surface area contributed by atoms with E-state index < -0.39 is 0 Å². The van der Waals surface area contributed by atoms with Gasteiger partial charge in [-0.1, -0.05) is 29.8 Å². The third kappa shape index (κ3) is 3.06. The molecule has 138 valence electrons. The van der Waals surface area contributed by atoms with Gasteiger partial charge in [-0.15, -0.1) is 0 Å². The van der Waals surface area contributed by atoms with E-state index in [4.69, 9.17) is 11.6 Å². The number of hydrogen-bond acceptors (Lipinski definition) is 3. The lowest BCUT2D eigenvalue weighted by Gasteiger charge is -2.14. The summed E-state index contributed by atoms with van der Waals surface area (Å²) in [6.07, 6.45) is 0. The van der Waals surface area contributed by atoms with E-state index in [1.807, 2.05) is 13.0 Å². The van der Waals surface area contributed by atoms with Crippen LogP contribution in [0.3, 0.4) is 0 Å². The highest BCUT2D eigenvalue weighted by Crippen LogP contribution is 2.29. The normalized spacial score (nSPS) is 12.9. The zero-order valence-electron chi connectivity index (χ0n) is 14.9. The first-order chi connectivity index (χ1) is 13.5. The van der Waals surface area contributed by atoms with Crippen LogP contribution in [0, 0.1) is 6.92 Å². The van der Waals surface area contributed by atoms with E-state index in [0.717, 1.165) is 10.5 Å². The Morgan fingerprint density at radius 1 is 0.893 bits per heavy atom. The molecule has 0 bridgehead atoms. The van der Waals surface area contributed by atoms with Crippen molar-refractivity contribution in [3.8, 4) is 0 Å². The summed E-state index contributed by atoms with van der Waals surface area (Å²) in [7, 11) is 0. The summed E-state index contributed by atoms with van der Waals surface area (Å²) in [5, 5.41) is 3.21. The van der Waals surface area contributed by atoms with Gasteiger partial charge in [0.1, 0.15) is 0 Å². The van der Waals surface area contributed by atoms with Crippen molar-refractivity contribution in [1.82, 2.24) is 0 Å². The van der Waals surface area contributed by atoms with E-state index in [2.05, 4.69) is 5.32 Å². The average Bonchev–Trinajstić information content (AvgIpc) is 2.95. The van der Waals surface area contributed by atoms with Gasteiger partial charge < -0.3 is 5.32 Å². The Morgan fingerprint density at radius 2 is 1.50 bits per heavy atom. The van der Waals surface area contributed by atoms with Crippen LogP contribution in [0.2, 0.25) is 5.02 Å². The summed E-state index contributed by atoms with van der Waals surface area (Å²) >= 11 is 6.15. The van der Waals surface area contributed by atoms with Crippen molar-refractivity contribution in [1.29, 1.82) is 0 Å². The monoisotopic (exact) mass is 390 g/mol. The van der Waals surface area contributed by atoms with Gasteiger partial charge >= 0.3 is 0 Å². The topological polar surface area (TPSA) is 66.5 Å². The Kier molecular flexibility index (Phi) is 4.45. The maximum Gasteiger partial charge on any atom is 0.266 e. The minimum absolute atomic E-state index is 0.334. The van der Waals surface area contributed by atoms with E-state index in [9.17, 15) is 14.4 Å². The third-order valence-corrected chi connectivity index (χ3v) is 4.87.